The Morgan fingerprint density at radius 3 is 1.05 bits per heavy atom. The van der Waals surface area contributed by atoms with E-state index in [0.717, 1.165) is 0 Å². The minimum atomic E-state index is -3.94. The van der Waals surface area contributed by atoms with Crippen molar-refractivity contribution in [3.8, 4) is 0 Å². The molecule has 0 N–H and O–H groups in total. The van der Waals surface area contributed by atoms with Gasteiger partial charge >= 0.3 is 10.4 Å². The maximum Gasteiger partial charge on any atom is 0.380 e. The molecule has 0 heterocycles. The largest absolute Gasteiger partial charge is 0.380 e. The third-order valence-electron chi connectivity index (χ3n) is 4.23. The highest BCUT2D eigenvalue weighted by molar-refractivity contribution is 7.84. The summed E-state index contributed by atoms with van der Waals surface area (Å²) in [4.78, 5) is 0. The second-order valence-electron chi connectivity index (χ2n) is 8.10. The average molecular weight is 327 g/mol. The molecule has 19 heavy (non-hydrogen) atoms. The van der Waals surface area contributed by atoms with Gasteiger partial charge in [0.2, 0.25) is 16.6 Å². The summed E-state index contributed by atoms with van der Waals surface area (Å²) in [7, 11) is -8.72. The molecule has 0 aromatic carbocycles. The van der Waals surface area contributed by atoms with Gasteiger partial charge in [-0.25, -0.2) is 0 Å². The molecular formula is C12H30O4SSi2. The van der Waals surface area contributed by atoms with Crippen molar-refractivity contribution in [1.82, 2.24) is 0 Å². The fourth-order valence-electron chi connectivity index (χ4n) is 0.777. The molecule has 0 amide bonds. The number of rotatable bonds is 4. The molecule has 0 aliphatic rings. The van der Waals surface area contributed by atoms with Crippen molar-refractivity contribution in [1.29, 1.82) is 0 Å². The van der Waals surface area contributed by atoms with Gasteiger partial charge in [0.25, 0.3) is 0 Å². The highest BCUT2D eigenvalue weighted by Gasteiger charge is 2.46. The minimum Gasteiger partial charge on any atom is -0.294 e. The number of hydrogen-bond donors (Lipinski definition) is 0. The summed E-state index contributed by atoms with van der Waals surface area (Å²) in [5.41, 5.74) is 0. The van der Waals surface area contributed by atoms with Crippen LogP contribution in [-0.4, -0.2) is 25.1 Å². The van der Waals surface area contributed by atoms with Crippen LogP contribution in [0.25, 0.3) is 0 Å². The summed E-state index contributed by atoms with van der Waals surface area (Å²) in [5, 5.41) is -0.340. The Kier molecular flexibility index (Phi) is 5.34. The fourth-order valence-corrected chi connectivity index (χ4v) is 7.30. The standard InChI is InChI=1S/C12H30O4SSi2/c1-11(2,3)18(7,8)15-17(13,14)16-19(9,10)12(4,5)6/h1-10H3. The van der Waals surface area contributed by atoms with Crippen LogP contribution in [0, 0.1) is 0 Å². The van der Waals surface area contributed by atoms with Gasteiger partial charge in [0, 0.05) is 0 Å². The zero-order chi connectivity index (χ0) is 15.9. The molecule has 0 saturated carbocycles. The van der Waals surface area contributed by atoms with Gasteiger partial charge in [0.05, 0.1) is 0 Å². The van der Waals surface area contributed by atoms with E-state index < -0.39 is 27.0 Å². The van der Waals surface area contributed by atoms with Crippen LogP contribution in [0.2, 0.25) is 36.3 Å². The predicted molar refractivity (Wildman–Crippen MR) is 85.5 cm³/mol. The Hall–Kier alpha value is 0.304. The van der Waals surface area contributed by atoms with E-state index >= 15 is 0 Å². The van der Waals surface area contributed by atoms with Crippen LogP contribution < -0.4 is 0 Å². The van der Waals surface area contributed by atoms with E-state index in [0.29, 0.717) is 0 Å². The fraction of sp³-hybridized carbons (Fsp3) is 1.00. The first kappa shape index (κ1) is 19.3. The topological polar surface area (TPSA) is 52.6 Å². The zero-order valence-electron chi connectivity index (χ0n) is 14.0. The van der Waals surface area contributed by atoms with Crippen molar-refractivity contribution in [2.24, 2.45) is 0 Å². The summed E-state index contributed by atoms with van der Waals surface area (Å²) in [6.07, 6.45) is 0. The maximum atomic E-state index is 12.2. The van der Waals surface area contributed by atoms with E-state index in [4.69, 9.17) is 7.74 Å². The van der Waals surface area contributed by atoms with Crippen LogP contribution in [0.15, 0.2) is 0 Å². The van der Waals surface area contributed by atoms with E-state index in [1.165, 1.54) is 0 Å². The first-order valence-corrected chi connectivity index (χ1v) is 13.7. The van der Waals surface area contributed by atoms with Crippen LogP contribution >= 0.6 is 0 Å². The van der Waals surface area contributed by atoms with E-state index in [-0.39, 0.29) is 10.1 Å². The van der Waals surface area contributed by atoms with Gasteiger partial charge in [0.15, 0.2) is 0 Å². The van der Waals surface area contributed by atoms with E-state index in [1.54, 1.807) is 0 Å². The van der Waals surface area contributed by atoms with Crippen LogP contribution in [0.1, 0.15) is 41.5 Å². The summed E-state index contributed by atoms with van der Waals surface area (Å²) in [6, 6.07) is 0. The van der Waals surface area contributed by atoms with Gasteiger partial charge in [-0.1, -0.05) is 41.5 Å². The van der Waals surface area contributed by atoms with Crippen molar-refractivity contribution in [3.05, 3.63) is 0 Å². The summed E-state index contributed by atoms with van der Waals surface area (Å²) >= 11 is 0. The highest BCUT2D eigenvalue weighted by atomic mass is 32.3. The van der Waals surface area contributed by atoms with Gasteiger partial charge < -0.3 is 0 Å². The molecule has 116 valence electrons. The average Bonchev–Trinajstić information content (AvgIpc) is 1.93. The van der Waals surface area contributed by atoms with Crippen molar-refractivity contribution >= 4 is 27.0 Å². The second kappa shape index (κ2) is 5.25. The summed E-state index contributed by atoms with van der Waals surface area (Å²) in [5.74, 6) is 0. The molecule has 0 rings (SSSR count). The van der Waals surface area contributed by atoms with E-state index in [9.17, 15) is 8.42 Å². The highest BCUT2D eigenvalue weighted by Crippen LogP contribution is 2.41. The Labute approximate surface area is 121 Å². The van der Waals surface area contributed by atoms with Gasteiger partial charge in [-0.15, -0.1) is 0 Å². The molecule has 0 fully saturated rings. The molecule has 0 aliphatic carbocycles. The minimum absolute atomic E-state index is 0.170. The predicted octanol–water partition coefficient (Wildman–Crippen LogP) is 4.27. The third kappa shape index (κ3) is 5.30. The molecule has 7 heteroatoms. The van der Waals surface area contributed by atoms with Crippen LogP contribution in [0.4, 0.5) is 0 Å². The van der Waals surface area contributed by atoms with E-state index in [2.05, 4.69) is 0 Å². The summed E-state index contributed by atoms with van der Waals surface area (Å²) < 4.78 is 35.2. The Bertz CT molecular complexity index is 380. The molecule has 0 radical (unpaired) electrons. The molecule has 0 saturated heterocycles. The lowest BCUT2D eigenvalue weighted by Crippen LogP contribution is -2.48. The van der Waals surface area contributed by atoms with Gasteiger partial charge in [-0.3, -0.25) is 7.74 Å². The SMILES string of the molecule is CC(C)(C)[Si](C)(C)OS(=O)(=O)O[Si](C)(C)C(C)(C)C. The monoisotopic (exact) mass is 326 g/mol. The lowest BCUT2D eigenvalue weighted by atomic mass is 10.2. The smallest absolute Gasteiger partial charge is 0.294 e. The van der Waals surface area contributed by atoms with Crippen LogP contribution in [-0.2, 0) is 18.1 Å². The van der Waals surface area contributed by atoms with Crippen molar-refractivity contribution in [2.45, 2.75) is 77.8 Å². The molecule has 0 aliphatic heterocycles. The van der Waals surface area contributed by atoms with E-state index in [1.807, 2.05) is 67.7 Å². The van der Waals surface area contributed by atoms with Gasteiger partial charge in [0.1, 0.15) is 0 Å². The molecule has 4 nitrogen and oxygen atoms in total. The third-order valence-corrected chi connectivity index (χ3v) is 16.4. The van der Waals surface area contributed by atoms with Gasteiger partial charge in [-0.05, 0) is 36.3 Å². The Morgan fingerprint density at radius 2 is 0.895 bits per heavy atom. The van der Waals surface area contributed by atoms with Crippen molar-refractivity contribution in [2.75, 3.05) is 0 Å². The molecule has 0 atom stereocenters. The zero-order valence-corrected chi connectivity index (χ0v) is 16.9. The molecule has 0 bridgehead atoms. The molecule has 0 unspecified atom stereocenters. The van der Waals surface area contributed by atoms with Crippen molar-refractivity contribution < 1.29 is 16.2 Å². The lowest BCUT2D eigenvalue weighted by Gasteiger charge is -2.38. The molecule has 0 aromatic heterocycles. The number of hydrogen-bond acceptors (Lipinski definition) is 4. The Balaban J connectivity index is 5.16. The quantitative estimate of drug-likeness (QED) is 0.724. The van der Waals surface area contributed by atoms with Crippen molar-refractivity contribution in [3.63, 3.8) is 0 Å². The first-order chi connectivity index (χ1) is 7.91. The van der Waals surface area contributed by atoms with Crippen LogP contribution in [0.5, 0.6) is 0 Å². The second-order valence-corrected chi connectivity index (χ2v) is 19.3. The molecular weight excluding hydrogens is 296 g/mol. The first-order valence-electron chi connectivity index (χ1n) is 6.57. The van der Waals surface area contributed by atoms with Gasteiger partial charge in [-0.2, -0.15) is 8.42 Å². The lowest BCUT2D eigenvalue weighted by molar-refractivity contribution is 0.364. The summed E-state index contributed by atoms with van der Waals surface area (Å²) in [6.45, 7) is 19.6. The molecule has 0 aromatic rings. The Morgan fingerprint density at radius 1 is 0.684 bits per heavy atom. The normalized spacial score (nSPS) is 15.7. The van der Waals surface area contributed by atoms with Crippen LogP contribution in [0.3, 0.4) is 0 Å². The molecule has 0 spiro atoms. The maximum absolute atomic E-state index is 12.2.